The number of halogens is 1. The fraction of sp³-hybridized carbons (Fsp3) is 0.143. The third-order valence-electron chi connectivity index (χ3n) is 5.47. The van der Waals surface area contributed by atoms with Gasteiger partial charge in [-0.3, -0.25) is 24.1 Å². The predicted molar refractivity (Wildman–Crippen MR) is 154 cm³/mol. The maximum atomic E-state index is 12.9. The van der Waals surface area contributed by atoms with Gasteiger partial charge in [0.2, 0.25) is 5.91 Å². The molecule has 1 saturated heterocycles. The number of ether oxygens (including phenoxy) is 2. The Bertz CT molecular complexity index is 1480. The molecule has 9 nitrogen and oxygen atoms in total. The maximum Gasteiger partial charge on any atom is 0.294 e. The molecule has 11 heteroatoms. The molecule has 0 radical (unpaired) electrons. The van der Waals surface area contributed by atoms with Crippen LogP contribution in [0.5, 0.6) is 11.5 Å². The summed E-state index contributed by atoms with van der Waals surface area (Å²) >= 11 is 4.09. The van der Waals surface area contributed by atoms with Gasteiger partial charge in [0.05, 0.1) is 17.7 Å². The number of hydrogen-bond donors (Lipinski definition) is 2. The molecule has 0 bridgehead atoms. The average molecular weight is 610 g/mol. The summed E-state index contributed by atoms with van der Waals surface area (Å²) in [7, 11) is 1.45. The Morgan fingerprint density at radius 1 is 0.974 bits per heavy atom. The smallest absolute Gasteiger partial charge is 0.294 e. The van der Waals surface area contributed by atoms with Crippen molar-refractivity contribution < 1.29 is 28.7 Å². The number of nitrogens with zero attached hydrogens (tertiary/aromatic N) is 1. The molecule has 0 saturated carbocycles. The number of aryl methyl sites for hydroxylation is 1. The summed E-state index contributed by atoms with van der Waals surface area (Å²) < 4.78 is 11.7. The number of benzene rings is 3. The molecule has 0 aromatic heterocycles. The third kappa shape index (κ3) is 7.27. The van der Waals surface area contributed by atoms with Gasteiger partial charge in [0.15, 0.2) is 18.1 Å². The van der Waals surface area contributed by atoms with Crippen molar-refractivity contribution >= 4 is 68.1 Å². The topological polar surface area (TPSA) is 114 Å². The SMILES string of the molecule is COc1cc(/C=C2/SC(=O)N(CC(=O)Nc3ccccc3Br)C2=O)ccc1OCC(=O)Nc1cccc(C)c1. The van der Waals surface area contributed by atoms with Gasteiger partial charge in [0.1, 0.15) is 6.54 Å². The minimum absolute atomic E-state index is 0.168. The van der Waals surface area contributed by atoms with Gasteiger partial charge in [-0.05, 0) is 88.2 Å². The van der Waals surface area contributed by atoms with E-state index >= 15 is 0 Å². The molecule has 2 N–H and O–H groups in total. The van der Waals surface area contributed by atoms with Crippen molar-refractivity contribution in [1.29, 1.82) is 0 Å². The van der Waals surface area contributed by atoms with Gasteiger partial charge in [0.25, 0.3) is 17.1 Å². The molecule has 0 atom stereocenters. The molecular weight excluding hydrogens is 586 g/mol. The van der Waals surface area contributed by atoms with Crippen molar-refractivity contribution in [2.24, 2.45) is 0 Å². The summed E-state index contributed by atoms with van der Waals surface area (Å²) in [4.78, 5) is 51.2. The Morgan fingerprint density at radius 2 is 1.77 bits per heavy atom. The molecule has 3 aromatic carbocycles. The predicted octanol–water partition coefficient (Wildman–Crippen LogP) is 5.46. The molecule has 3 aromatic rings. The van der Waals surface area contributed by atoms with Crippen molar-refractivity contribution in [3.05, 3.63) is 87.2 Å². The number of carbonyl (C=O) groups is 4. The van der Waals surface area contributed by atoms with Crippen LogP contribution in [0.2, 0.25) is 0 Å². The molecule has 1 aliphatic rings. The van der Waals surface area contributed by atoms with E-state index in [2.05, 4.69) is 26.6 Å². The van der Waals surface area contributed by atoms with Gasteiger partial charge < -0.3 is 20.1 Å². The van der Waals surface area contributed by atoms with E-state index in [1.54, 1.807) is 48.5 Å². The van der Waals surface area contributed by atoms with Crippen molar-refractivity contribution in [3.63, 3.8) is 0 Å². The number of anilines is 2. The summed E-state index contributed by atoms with van der Waals surface area (Å²) in [6.07, 6.45) is 1.54. The van der Waals surface area contributed by atoms with Crippen molar-refractivity contribution in [2.75, 3.05) is 30.9 Å². The number of methoxy groups -OCH3 is 1. The van der Waals surface area contributed by atoms with E-state index in [-0.39, 0.29) is 17.4 Å². The highest BCUT2D eigenvalue weighted by Gasteiger charge is 2.36. The Kier molecular flexibility index (Phi) is 9.05. The molecular formula is C28H24BrN3O6S. The first-order valence-corrected chi connectivity index (χ1v) is 13.3. The van der Waals surface area contributed by atoms with Crippen LogP contribution < -0.4 is 20.1 Å². The second-order valence-electron chi connectivity index (χ2n) is 8.41. The van der Waals surface area contributed by atoms with Gasteiger partial charge in [-0.15, -0.1) is 0 Å². The Morgan fingerprint density at radius 3 is 2.51 bits per heavy atom. The molecule has 1 heterocycles. The quantitative estimate of drug-likeness (QED) is 0.310. The van der Waals surface area contributed by atoms with Gasteiger partial charge >= 0.3 is 0 Å². The fourth-order valence-corrected chi connectivity index (χ4v) is 4.86. The minimum Gasteiger partial charge on any atom is -0.493 e. The molecule has 200 valence electrons. The van der Waals surface area contributed by atoms with Crippen LogP contribution in [0.1, 0.15) is 11.1 Å². The van der Waals surface area contributed by atoms with Crippen molar-refractivity contribution in [2.45, 2.75) is 6.92 Å². The molecule has 0 spiro atoms. The number of imide groups is 1. The first kappa shape index (κ1) is 27.9. The highest BCUT2D eigenvalue weighted by molar-refractivity contribution is 9.10. The second kappa shape index (κ2) is 12.6. The number of hydrogen-bond acceptors (Lipinski definition) is 7. The number of amides is 4. The zero-order valence-corrected chi connectivity index (χ0v) is 23.4. The van der Waals surface area contributed by atoms with Crippen molar-refractivity contribution in [1.82, 2.24) is 4.90 Å². The molecule has 1 aliphatic heterocycles. The highest BCUT2D eigenvalue weighted by atomic mass is 79.9. The fourth-order valence-electron chi connectivity index (χ4n) is 3.64. The van der Waals surface area contributed by atoms with Crippen LogP contribution in [0.4, 0.5) is 16.2 Å². The number of thioether (sulfide) groups is 1. The largest absolute Gasteiger partial charge is 0.493 e. The number of carbonyl (C=O) groups excluding carboxylic acids is 4. The molecule has 39 heavy (non-hydrogen) atoms. The first-order valence-electron chi connectivity index (χ1n) is 11.7. The van der Waals surface area contributed by atoms with Crippen molar-refractivity contribution in [3.8, 4) is 11.5 Å². The number of rotatable bonds is 9. The highest BCUT2D eigenvalue weighted by Crippen LogP contribution is 2.34. The monoisotopic (exact) mass is 609 g/mol. The molecule has 4 rings (SSSR count). The van der Waals surface area contributed by atoms with E-state index in [0.717, 1.165) is 22.2 Å². The van der Waals surface area contributed by atoms with Crippen LogP contribution in [0.25, 0.3) is 6.08 Å². The Balaban J connectivity index is 1.38. The zero-order valence-electron chi connectivity index (χ0n) is 21.0. The van der Waals surface area contributed by atoms with E-state index in [1.165, 1.54) is 13.2 Å². The maximum absolute atomic E-state index is 12.9. The van der Waals surface area contributed by atoms with E-state index in [1.807, 2.05) is 25.1 Å². The number of para-hydroxylation sites is 1. The first-order chi connectivity index (χ1) is 18.7. The van der Waals surface area contributed by atoms with Gasteiger partial charge in [-0.25, -0.2) is 0 Å². The van der Waals surface area contributed by atoms with Gasteiger partial charge in [-0.2, -0.15) is 0 Å². The molecule has 4 amide bonds. The van der Waals surface area contributed by atoms with Crippen LogP contribution in [0.15, 0.2) is 76.1 Å². The lowest BCUT2D eigenvalue weighted by Crippen LogP contribution is -2.36. The summed E-state index contributed by atoms with van der Waals surface area (Å²) in [5, 5.41) is 4.91. The molecule has 0 aliphatic carbocycles. The van der Waals surface area contributed by atoms with Gasteiger partial charge in [0, 0.05) is 10.2 Å². The molecule has 1 fully saturated rings. The van der Waals surface area contributed by atoms with Crippen LogP contribution in [0, 0.1) is 6.92 Å². The Labute approximate surface area is 237 Å². The van der Waals surface area contributed by atoms with E-state index in [0.29, 0.717) is 32.9 Å². The van der Waals surface area contributed by atoms with E-state index in [9.17, 15) is 19.2 Å². The van der Waals surface area contributed by atoms with Gasteiger partial charge in [-0.1, -0.05) is 30.3 Å². The lowest BCUT2D eigenvalue weighted by Gasteiger charge is -2.13. The third-order valence-corrected chi connectivity index (χ3v) is 7.07. The lowest BCUT2D eigenvalue weighted by molar-refractivity contribution is -0.127. The van der Waals surface area contributed by atoms with E-state index in [4.69, 9.17) is 9.47 Å². The minimum atomic E-state index is -0.570. The Hall–Kier alpha value is -4.09. The zero-order chi connectivity index (χ0) is 27.9. The second-order valence-corrected chi connectivity index (χ2v) is 10.3. The lowest BCUT2D eigenvalue weighted by atomic mass is 10.2. The van der Waals surface area contributed by atoms with Crippen LogP contribution in [-0.2, 0) is 14.4 Å². The standard InChI is InChI=1S/C28H24BrN3O6S/c1-17-6-5-7-19(12-17)30-26(34)16-38-22-11-10-18(13-23(22)37-2)14-24-27(35)32(28(36)39-24)15-25(33)31-21-9-4-3-8-20(21)29/h3-14H,15-16H2,1-2H3,(H,30,34)(H,31,33)/b24-14+. The number of nitrogens with one attached hydrogen (secondary N) is 2. The normalized spacial score (nSPS) is 13.9. The summed E-state index contributed by atoms with van der Waals surface area (Å²) in [6, 6.07) is 19.4. The molecule has 0 unspecified atom stereocenters. The van der Waals surface area contributed by atoms with E-state index < -0.39 is 23.6 Å². The summed E-state index contributed by atoms with van der Waals surface area (Å²) in [6.45, 7) is 1.29. The average Bonchev–Trinajstić information content (AvgIpc) is 3.16. The van der Waals surface area contributed by atoms with Crippen LogP contribution in [-0.4, -0.2) is 48.1 Å². The van der Waals surface area contributed by atoms with Crippen LogP contribution >= 0.6 is 27.7 Å². The summed E-state index contributed by atoms with van der Waals surface area (Å²) in [5.74, 6) is -0.714. The van der Waals surface area contributed by atoms with Crippen LogP contribution in [0.3, 0.4) is 0 Å². The summed E-state index contributed by atoms with van der Waals surface area (Å²) in [5.41, 5.74) is 2.80.